The largest absolute Gasteiger partial charge is 0.389 e. The third-order valence-corrected chi connectivity index (χ3v) is 4.03. The molecule has 1 heterocycles. The highest BCUT2D eigenvalue weighted by molar-refractivity contribution is 7.91. The van der Waals surface area contributed by atoms with E-state index in [1.807, 2.05) is 0 Å². The molecule has 0 unspecified atom stereocenters. The Morgan fingerprint density at radius 2 is 2.10 bits per heavy atom. The van der Waals surface area contributed by atoms with E-state index in [-0.39, 0.29) is 16.6 Å². The van der Waals surface area contributed by atoms with E-state index < -0.39 is 10.0 Å². The lowest BCUT2D eigenvalue weighted by atomic mass is 10.1. The summed E-state index contributed by atoms with van der Waals surface area (Å²) in [4.78, 5) is 0.175. The number of thiocarbonyl (C=S) groups is 1. The van der Waals surface area contributed by atoms with E-state index in [4.69, 9.17) is 18.0 Å². The number of hydrogen-bond donors (Lipinski definition) is 2. The van der Waals surface area contributed by atoms with E-state index in [1.54, 1.807) is 43.6 Å². The van der Waals surface area contributed by atoms with Crippen molar-refractivity contribution in [2.24, 2.45) is 12.8 Å². The number of sulfonamides is 1. The molecule has 0 radical (unpaired) electrons. The molecular weight excluding hydrogens is 296 g/mol. The highest BCUT2D eigenvalue weighted by Crippen LogP contribution is 2.14. The summed E-state index contributed by atoms with van der Waals surface area (Å²) in [5.41, 5.74) is 6.71. The van der Waals surface area contributed by atoms with Gasteiger partial charge in [0.25, 0.3) is 0 Å². The van der Waals surface area contributed by atoms with Gasteiger partial charge in [-0.2, -0.15) is 5.10 Å². The summed E-state index contributed by atoms with van der Waals surface area (Å²) in [7, 11) is -1.86. The Morgan fingerprint density at radius 1 is 1.40 bits per heavy atom. The van der Waals surface area contributed by atoms with Crippen LogP contribution in [-0.2, 0) is 22.8 Å². The number of hydrogen-bond acceptors (Lipinski definition) is 4. The fourth-order valence-corrected chi connectivity index (χ4v) is 3.12. The van der Waals surface area contributed by atoms with E-state index in [0.29, 0.717) is 11.1 Å². The second-order valence-electron chi connectivity index (χ2n) is 4.26. The molecule has 3 N–H and O–H groups in total. The number of aryl methyl sites for hydroxylation is 1. The molecule has 0 atom stereocenters. The lowest BCUT2D eigenvalue weighted by Crippen LogP contribution is -2.19. The van der Waals surface area contributed by atoms with Gasteiger partial charge in [0.05, 0.1) is 5.75 Å². The standard InChI is InChI=1S/C12H14N4O2S2/c1-16-7-6-11(14-16)15-20(17,18)8-9-4-2-3-5-10(9)12(13)19/h2-7H,8H2,1H3,(H2,13,19)(H,14,15). The van der Waals surface area contributed by atoms with Gasteiger partial charge in [0, 0.05) is 24.9 Å². The summed E-state index contributed by atoms with van der Waals surface area (Å²) in [6.45, 7) is 0. The fraction of sp³-hybridized carbons (Fsp3) is 0.167. The molecule has 1 aromatic carbocycles. The second-order valence-corrected chi connectivity index (χ2v) is 6.42. The van der Waals surface area contributed by atoms with Gasteiger partial charge in [-0.1, -0.05) is 36.5 Å². The van der Waals surface area contributed by atoms with E-state index >= 15 is 0 Å². The van der Waals surface area contributed by atoms with Gasteiger partial charge in [-0.25, -0.2) is 8.42 Å². The van der Waals surface area contributed by atoms with Crippen LogP contribution in [0.15, 0.2) is 36.5 Å². The van der Waals surface area contributed by atoms with E-state index in [0.717, 1.165) is 0 Å². The summed E-state index contributed by atoms with van der Waals surface area (Å²) in [6.07, 6.45) is 1.65. The van der Waals surface area contributed by atoms with Crippen molar-refractivity contribution in [2.75, 3.05) is 4.72 Å². The van der Waals surface area contributed by atoms with Gasteiger partial charge >= 0.3 is 0 Å². The Bertz CT molecular complexity index is 737. The van der Waals surface area contributed by atoms with Crippen LogP contribution in [0.5, 0.6) is 0 Å². The minimum Gasteiger partial charge on any atom is -0.389 e. The van der Waals surface area contributed by atoms with Crippen LogP contribution >= 0.6 is 12.2 Å². The number of anilines is 1. The quantitative estimate of drug-likeness (QED) is 0.804. The maximum Gasteiger partial charge on any atom is 0.238 e. The molecule has 1 aromatic heterocycles. The lowest BCUT2D eigenvalue weighted by Gasteiger charge is -2.09. The molecular formula is C12H14N4O2S2. The predicted octanol–water partition coefficient (Wildman–Crippen LogP) is 0.996. The molecule has 106 valence electrons. The van der Waals surface area contributed by atoms with Crippen LogP contribution in [0, 0.1) is 0 Å². The first-order valence-electron chi connectivity index (χ1n) is 5.75. The zero-order valence-corrected chi connectivity index (χ0v) is 12.4. The number of rotatable bonds is 5. The zero-order valence-electron chi connectivity index (χ0n) is 10.8. The molecule has 6 nitrogen and oxygen atoms in total. The third-order valence-electron chi connectivity index (χ3n) is 2.60. The Labute approximate surface area is 122 Å². The van der Waals surface area contributed by atoms with E-state index in [9.17, 15) is 8.42 Å². The average Bonchev–Trinajstić information content (AvgIpc) is 2.73. The van der Waals surface area contributed by atoms with Crippen LogP contribution in [0.2, 0.25) is 0 Å². The highest BCUT2D eigenvalue weighted by atomic mass is 32.2. The van der Waals surface area contributed by atoms with Crippen LogP contribution in [0.3, 0.4) is 0 Å². The first kappa shape index (κ1) is 14.5. The van der Waals surface area contributed by atoms with Crippen LogP contribution in [0.25, 0.3) is 0 Å². The molecule has 0 aliphatic carbocycles. The topological polar surface area (TPSA) is 90.0 Å². The van der Waals surface area contributed by atoms with Crippen molar-refractivity contribution in [2.45, 2.75) is 5.75 Å². The summed E-state index contributed by atoms with van der Waals surface area (Å²) < 4.78 is 28.1. The summed E-state index contributed by atoms with van der Waals surface area (Å²) >= 11 is 4.92. The van der Waals surface area contributed by atoms with Crippen molar-refractivity contribution in [3.05, 3.63) is 47.7 Å². The molecule has 0 bridgehead atoms. The maximum atomic E-state index is 12.1. The number of nitrogens with zero attached hydrogens (tertiary/aromatic N) is 2. The lowest BCUT2D eigenvalue weighted by molar-refractivity contribution is 0.600. The first-order valence-corrected chi connectivity index (χ1v) is 7.81. The van der Waals surface area contributed by atoms with Gasteiger partial charge in [-0.15, -0.1) is 0 Å². The maximum absolute atomic E-state index is 12.1. The SMILES string of the molecule is Cn1ccc(NS(=O)(=O)Cc2ccccc2C(N)=S)n1. The van der Waals surface area contributed by atoms with Crippen LogP contribution < -0.4 is 10.5 Å². The number of benzene rings is 1. The summed E-state index contributed by atoms with van der Waals surface area (Å²) in [6, 6.07) is 8.47. The van der Waals surface area contributed by atoms with E-state index in [1.165, 1.54) is 4.68 Å². The molecule has 0 saturated carbocycles. The third kappa shape index (κ3) is 3.55. The Morgan fingerprint density at radius 3 is 2.70 bits per heavy atom. The van der Waals surface area contributed by atoms with Gasteiger partial charge < -0.3 is 5.73 Å². The molecule has 0 fully saturated rings. The van der Waals surface area contributed by atoms with Crippen molar-refractivity contribution < 1.29 is 8.42 Å². The number of aromatic nitrogens is 2. The first-order chi connectivity index (χ1) is 9.37. The normalized spacial score (nSPS) is 11.2. The molecule has 0 saturated heterocycles. The molecule has 0 spiro atoms. The Kier molecular flexibility index (Phi) is 4.05. The van der Waals surface area contributed by atoms with Gasteiger partial charge in [-0.05, 0) is 5.56 Å². The van der Waals surface area contributed by atoms with Crippen molar-refractivity contribution in [1.29, 1.82) is 0 Å². The minimum atomic E-state index is -3.57. The van der Waals surface area contributed by atoms with Gasteiger partial charge in [0.15, 0.2) is 5.82 Å². The van der Waals surface area contributed by atoms with Crippen molar-refractivity contribution in [1.82, 2.24) is 9.78 Å². The molecule has 0 aliphatic heterocycles. The van der Waals surface area contributed by atoms with Crippen LogP contribution in [0.1, 0.15) is 11.1 Å². The van der Waals surface area contributed by atoms with Crippen molar-refractivity contribution >= 4 is 33.0 Å². The molecule has 0 aliphatic rings. The minimum absolute atomic E-state index is 0.175. The zero-order chi connectivity index (χ0) is 14.8. The number of nitrogens with two attached hydrogens (primary N) is 1. The fourth-order valence-electron chi connectivity index (χ4n) is 1.76. The van der Waals surface area contributed by atoms with Crippen molar-refractivity contribution in [3.63, 3.8) is 0 Å². The monoisotopic (exact) mass is 310 g/mol. The van der Waals surface area contributed by atoms with Gasteiger partial charge in [0.2, 0.25) is 10.0 Å². The molecule has 8 heteroatoms. The molecule has 2 aromatic rings. The second kappa shape index (κ2) is 5.59. The summed E-state index contributed by atoms with van der Waals surface area (Å²) in [5.74, 6) is 0.0668. The molecule has 2 rings (SSSR count). The Balaban J connectivity index is 2.22. The van der Waals surface area contributed by atoms with Crippen LogP contribution in [-0.4, -0.2) is 23.2 Å². The predicted molar refractivity (Wildman–Crippen MR) is 81.8 cm³/mol. The highest BCUT2D eigenvalue weighted by Gasteiger charge is 2.16. The van der Waals surface area contributed by atoms with Crippen LogP contribution in [0.4, 0.5) is 5.82 Å². The summed E-state index contributed by atoms with van der Waals surface area (Å²) in [5, 5.41) is 3.97. The number of nitrogens with one attached hydrogen (secondary N) is 1. The smallest absolute Gasteiger partial charge is 0.238 e. The molecule has 0 amide bonds. The van der Waals surface area contributed by atoms with Gasteiger partial charge in [0.1, 0.15) is 4.99 Å². The average molecular weight is 310 g/mol. The van der Waals surface area contributed by atoms with E-state index in [2.05, 4.69) is 9.82 Å². The molecule has 20 heavy (non-hydrogen) atoms. The van der Waals surface area contributed by atoms with Gasteiger partial charge in [-0.3, -0.25) is 9.40 Å². The Hall–Kier alpha value is -1.93. The van der Waals surface area contributed by atoms with Crippen molar-refractivity contribution in [3.8, 4) is 0 Å².